The third-order valence-electron chi connectivity index (χ3n) is 3.43. The molecule has 0 aliphatic carbocycles. The highest BCUT2D eigenvalue weighted by Crippen LogP contribution is 2.31. The fraction of sp³-hybridized carbons (Fsp3) is 1.00. The summed E-state index contributed by atoms with van der Waals surface area (Å²) >= 11 is 0. The number of hydrogen-bond donors (Lipinski definition) is 0. The van der Waals surface area contributed by atoms with Crippen molar-refractivity contribution in [3.8, 4) is 0 Å². The summed E-state index contributed by atoms with van der Waals surface area (Å²) in [5.74, 6) is 0. The van der Waals surface area contributed by atoms with E-state index < -0.39 is 70.5 Å². The zero-order valence-corrected chi connectivity index (χ0v) is 17.9. The Hall–Kier alpha value is -0.0594. The third-order valence-corrected chi connectivity index (χ3v) is 14.0. The van der Waals surface area contributed by atoms with Crippen molar-refractivity contribution in [2.45, 2.75) is 75.6 Å². The molecule has 0 rings (SSSR count). The minimum absolute atomic E-state index is 0.319. The molecule has 0 spiro atoms. The average Bonchev–Trinajstić information content (AvgIpc) is 2.39. The van der Waals surface area contributed by atoms with Crippen molar-refractivity contribution in [3.63, 3.8) is 0 Å². The Kier molecular flexibility index (Phi) is 9.91. The summed E-state index contributed by atoms with van der Waals surface area (Å²) in [6, 6.07) is -1.18. The summed E-state index contributed by atoms with van der Waals surface area (Å²) in [5.41, 5.74) is 0. The molecule has 0 saturated heterocycles. The lowest BCUT2D eigenvalue weighted by atomic mass is 10.5. The molecule has 0 aliphatic heterocycles. The predicted molar refractivity (Wildman–Crippen MR) is 86.3 cm³/mol. The maximum Gasteiger partial charge on any atom is 0.389 e. The van der Waals surface area contributed by atoms with Crippen molar-refractivity contribution >= 4 is 26.6 Å². The Morgan fingerprint density at radius 1 is 0.654 bits per heavy atom. The lowest BCUT2D eigenvalue weighted by Crippen LogP contribution is -2.47. The van der Waals surface area contributed by atoms with Crippen molar-refractivity contribution in [1.29, 1.82) is 0 Å². The van der Waals surface area contributed by atoms with Crippen LogP contribution in [0.2, 0.25) is 37.8 Å². The highest BCUT2D eigenvalue weighted by atomic mass is 28.5. The predicted octanol–water partition coefficient (Wildman–Crippen LogP) is 5.66. The van der Waals surface area contributed by atoms with Crippen LogP contribution in [0.15, 0.2) is 0 Å². The third kappa shape index (κ3) is 15.0. The summed E-state index contributed by atoms with van der Waals surface area (Å²) in [7, 11) is -8.46. The van der Waals surface area contributed by atoms with E-state index in [9.17, 15) is 39.5 Å². The van der Waals surface area contributed by atoms with Gasteiger partial charge in [-0.2, -0.15) is 39.5 Å². The molecule has 0 amide bonds. The van der Waals surface area contributed by atoms with Gasteiger partial charge in [-0.05, 0) is 37.8 Å². The van der Waals surface area contributed by atoms with Gasteiger partial charge in [0.25, 0.3) is 0 Å². The number of rotatable bonds is 10. The van der Waals surface area contributed by atoms with E-state index in [4.69, 9.17) is 8.23 Å². The molecule has 0 bridgehead atoms. The van der Waals surface area contributed by atoms with Crippen LogP contribution in [0.4, 0.5) is 39.5 Å². The topological polar surface area (TPSA) is 18.5 Å². The first kappa shape index (κ1) is 25.9. The SMILES string of the molecule is C[SiH](CCC(F)(F)F)O[Si](C)(CCC(F)(F)F)O[SiH](C)CCC(F)(F)F. The van der Waals surface area contributed by atoms with Gasteiger partial charge in [-0.3, -0.25) is 0 Å². The lowest BCUT2D eigenvalue weighted by Gasteiger charge is -2.34. The maximum absolute atomic E-state index is 12.5. The van der Waals surface area contributed by atoms with Gasteiger partial charge in [0.05, 0.1) is 0 Å². The van der Waals surface area contributed by atoms with Crippen molar-refractivity contribution < 1.29 is 47.7 Å². The van der Waals surface area contributed by atoms with E-state index in [-0.39, 0.29) is 12.1 Å². The Labute approximate surface area is 150 Å². The number of halogens is 9. The quantitative estimate of drug-likeness (QED) is 0.313. The van der Waals surface area contributed by atoms with Crippen molar-refractivity contribution in [3.05, 3.63) is 0 Å². The Balaban J connectivity index is 4.88. The van der Waals surface area contributed by atoms with Crippen LogP contribution in [0.3, 0.4) is 0 Å². The van der Waals surface area contributed by atoms with E-state index in [1.165, 1.54) is 19.6 Å². The van der Waals surface area contributed by atoms with Crippen LogP contribution >= 0.6 is 0 Å². The zero-order chi connectivity index (χ0) is 20.8. The van der Waals surface area contributed by atoms with E-state index in [0.29, 0.717) is 0 Å². The van der Waals surface area contributed by atoms with E-state index >= 15 is 0 Å². The first-order chi connectivity index (χ1) is 11.4. The molecule has 0 saturated carbocycles. The van der Waals surface area contributed by atoms with Crippen LogP contribution in [0.5, 0.6) is 0 Å². The molecule has 0 radical (unpaired) electrons. The van der Waals surface area contributed by atoms with Crippen LogP contribution in [0.25, 0.3) is 0 Å². The first-order valence-electron chi connectivity index (χ1n) is 7.97. The van der Waals surface area contributed by atoms with Crippen molar-refractivity contribution in [1.82, 2.24) is 0 Å². The lowest BCUT2D eigenvalue weighted by molar-refractivity contribution is -0.131. The van der Waals surface area contributed by atoms with Crippen LogP contribution in [0, 0.1) is 0 Å². The van der Waals surface area contributed by atoms with Crippen LogP contribution in [-0.4, -0.2) is 45.2 Å². The minimum atomic E-state index is -4.51. The van der Waals surface area contributed by atoms with Crippen LogP contribution < -0.4 is 0 Å². The molecule has 0 aromatic carbocycles. The normalized spacial score (nSPS) is 18.5. The van der Waals surface area contributed by atoms with Crippen LogP contribution in [-0.2, 0) is 8.23 Å². The summed E-state index contributed by atoms with van der Waals surface area (Å²) < 4.78 is 122. The van der Waals surface area contributed by atoms with Gasteiger partial charge < -0.3 is 8.23 Å². The molecule has 0 fully saturated rings. The molecule has 0 heterocycles. The molecule has 0 aromatic heterocycles. The summed E-state index contributed by atoms with van der Waals surface area (Å²) in [4.78, 5) is 0. The Morgan fingerprint density at radius 3 is 1.23 bits per heavy atom. The number of alkyl halides is 9. The smallest absolute Gasteiger partial charge is 0.389 e. The van der Waals surface area contributed by atoms with E-state index in [2.05, 4.69) is 0 Å². The van der Waals surface area contributed by atoms with Crippen molar-refractivity contribution in [2.24, 2.45) is 0 Å². The van der Waals surface area contributed by atoms with Gasteiger partial charge in [-0.15, -0.1) is 0 Å². The van der Waals surface area contributed by atoms with E-state index in [1.54, 1.807) is 0 Å². The van der Waals surface area contributed by atoms with Crippen LogP contribution in [0.1, 0.15) is 19.3 Å². The van der Waals surface area contributed by atoms with Gasteiger partial charge in [0.1, 0.15) is 0 Å². The van der Waals surface area contributed by atoms with E-state index in [0.717, 1.165) is 0 Å². The zero-order valence-electron chi connectivity index (χ0n) is 14.6. The van der Waals surface area contributed by atoms with Gasteiger partial charge in [-0.1, -0.05) is 0 Å². The molecule has 0 aromatic rings. The highest BCUT2D eigenvalue weighted by molar-refractivity contribution is 6.79. The second-order valence-corrected chi connectivity index (χ2v) is 15.5. The first-order valence-corrected chi connectivity index (χ1v) is 15.4. The van der Waals surface area contributed by atoms with E-state index in [1.807, 2.05) is 0 Å². The maximum atomic E-state index is 12.5. The minimum Gasteiger partial charge on any atom is -0.439 e. The fourth-order valence-electron chi connectivity index (χ4n) is 2.22. The summed E-state index contributed by atoms with van der Waals surface area (Å²) in [6.07, 6.45) is -16.8. The molecular formula is C12H23F9O2Si3. The van der Waals surface area contributed by atoms with Gasteiger partial charge in [0.2, 0.25) is 0 Å². The van der Waals surface area contributed by atoms with Crippen molar-refractivity contribution in [2.75, 3.05) is 0 Å². The molecule has 14 heteroatoms. The van der Waals surface area contributed by atoms with Gasteiger partial charge in [0, 0.05) is 19.3 Å². The molecule has 2 nitrogen and oxygen atoms in total. The largest absolute Gasteiger partial charge is 0.439 e. The fourth-order valence-corrected chi connectivity index (χ4v) is 13.8. The molecule has 158 valence electrons. The molecule has 26 heavy (non-hydrogen) atoms. The molecule has 2 unspecified atom stereocenters. The number of hydrogen-bond acceptors (Lipinski definition) is 2. The second-order valence-electron chi connectivity index (χ2n) is 6.41. The monoisotopic (exact) mass is 454 g/mol. The average molecular weight is 455 g/mol. The summed E-state index contributed by atoms with van der Waals surface area (Å²) in [5, 5.41) is 0. The Bertz CT molecular complexity index is 386. The molecule has 0 N–H and O–H groups in total. The summed E-state index contributed by atoms with van der Waals surface area (Å²) in [6.45, 7) is 4.15. The second kappa shape index (κ2) is 9.93. The Morgan fingerprint density at radius 2 is 0.962 bits per heavy atom. The molecule has 0 aliphatic rings. The molecular weight excluding hydrogens is 431 g/mol. The van der Waals surface area contributed by atoms with Gasteiger partial charge >= 0.3 is 27.1 Å². The van der Waals surface area contributed by atoms with Gasteiger partial charge in [0.15, 0.2) is 18.1 Å². The standard InChI is InChI=1S/C12H23F9O2Si3/c1-24(7-4-10(13,14)15)22-26(3,9-6-12(19,20)21)23-25(2)8-5-11(16,17)18/h24-25H,4-9H2,1-3H3. The molecule has 2 atom stereocenters. The highest BCUT2D eigenvalue weighted by Gasteiger charge is 2.41. The van der Waals surface area contributed by atoms with Gasteiger partial charge in [-0.25, -0.2) is 0 Å².